The van der Waals surface area contributed by atoms with Gasteiger partial charge < -0.3 is 14.8 Å². The van der Waals surface area contributed by atoms with Gasteiger partial charge in [-0.2, -0.15) is 0 Å². The number of aromatic amines is 1. The van der Waals surface area contributed by atoms with Gasteiger partial charge in [-0.1, -0.05) is 6.92 Å². The lowest BCUT2D eigenvalue weighted by atomic mass is 9.92. The molecule has 30 heavy (non-hydrogen) atoms. The minimum atomic E-state index is 0.0848. The Balaban J connectivity index is 1.24. The van der Waals surface area contributed by atoms with Crippen LogP contribution in [-0.2, 0) is 17.6 Å². The first-order valence-corrected chi connectivity index (χ1v) is 11.8. The first-order chi connectivity index (χ1) is 14.6. The highest BCUT2D eigenvalue weighted by Crippen LogP contribution is 2.30. The molecule has 2 aliphatic heterocycles. The maximum atomic E-state index is 13.2. The molecule has 5 rings (SSSR count). The van der Waals surface area contributed by atoms with Crippen LogP contribution >= 0.6 is 0 Å². The zero-order valence-corrected chi connectivity index (χ0v) is 18.1. The lowest BCUT2D eigenvalue weighted by molar-refractivity contribution is -0.138. The topological polar surface area (TPSA) is 56.4 Å². The number of piperidine rings is 2. The summed E-state index contributed by atoms with van der Waals surface area (Å²) in [6, 6.07) is 6.11. The van der Waals surface area contributed by atoms with Crippen molar-refractivity contribution in [3.05, 3.63) is 35.0 Å². The van der Waals surface area contributed by atoms with Gasteiger partial charge >= 0.3 is 0 Å². The third-order valence-electron chi connectivity index (χ3n) is 7.57. The highest BCUT2D eigenvalue weighted by Gasteiger charge is 2.32. The highest BCUT2D eigenvalue weighted by atomic mass is 16.2. The van der Waals surface area contributed by atoms with Crippen molar-refractivity contribution in [2.45, 2.75) is 58.3 Å². The number of carbonyl (C=O) groups is 2. The zero-order valence-electron chi connectivity index (χ0n) is 18.1. The summed E-state index contributed by atoms with van der Waals surface area (Å²) in [6.45, 7) is 5.44. The molecule has 0 saturated carbocycles. The van der Waals surface area contributed by atoms with Crippen LogP contribution in [0.25, 0.3) is 10.9 Å². The van der Waals surface area contributed by atoms with E-state index in [0.29, 0.717) is 19.0 Å². The molecule has 1 aromatic carbocycles. The van der Waals surface area contributed by atoms with Crippen LogP contribution in [0.4, 0.5) is 0 Å². The number of carbonyl (C=O) groups excluding carboxylic acids is 2. The predicted octanol–water partition coefficient (Wildman–Crippen LogP) is 4.16. The van der Waals surface area contributed by atoms with Gasteiger partial charge in [-0.25, -0.2) is 0 Å². The number of amides is 2. The molecule has 0 spiro atoms. The van der Waals surface area contributed by atoms with Crippen LogP contribution in [0.15, 0.2) is 18.2 Å². The van der Waals surface area contributed by atoms with Gasteiger partial charge in [-0.3, -0.25) is 9.59 Å². The SMILES string of the molecule is CC1CCN(C(=O)C2CCN(C(=O)c3ccc4[nH]c5c(c4c3)CCCC5)CC2)CC1. The van der Waals surface area contributed by atoms with E-state index < -0.39 is 0 Å². The normalized spacial score (nSPS) is 21.1. The highest BCUT2D eigenvalue weighted by molar-refractivity contribution is 5.99. The van der Waals surface area contributed by atoms with Crippen LogP contribution in [0.3, 0.4) is 0 Å². The molecule has 5 nitrogen and oxygen atoms in total. The molecule has 1 N–H and O–H groups in total. The summed E-state index contributed by atoms with van der Waals surface area (Å²) < 4.78 is 0. The number of H-pyrrole nitrogens is 1. The molecule has 0 radical (unpaired) electrons. The van der Waals surface area contributed by atoms with Crippen LogP contribution in [0, 0.1) is 11.8 Å². The van der Waals surface area contributed by atoms with Crippen LogP contribution in [0.1, 0.15) is 67.1 Å². The van der Waals surface area contributed by atoms with E-state index in [1.165, 1.54) is 29.5 Å². The van der Waals surface area contributed by atoms with Gasteiger partial charge in [0.15, 0.2) is 0 Å². The van der Waals surface area contributed by atoms with Crippen molar-refractivity contribution < 1.29 is 9.59 Å². The van der Waals surface area contributed by atoms with E-state index in [9.17, 15) is 9.59 Å². The smallest absolute Gasteiger partial charge is 0.253 e. The Morgan fingerprint density at radius 2 is 1.63 bits per heavy atom. The Labute approximate surface area is 178 Å². The summed E-state index contributed by atoms with van der Waals surface area (Å²) in [6.07, 6.45) is 8.52. The third kappa shape index (κ3) is 3.63. The van der Waals surface area contributed by atoms with E-state index >= 15 is 0 Å². The maximum Gasteiger partial charge on any atom is 0.253 e. The van der Waals surface area contributed by atoms with Gasteiger partial charge in [-0.05, 0) is 81.0 Å². The van der Waals surface area contributed by atoms with Crippen molar-refractivity contribution in [3.8, 4) is 0 Å². The van der Waals surface area contributed by atoms with Gasteiger partial charge in [0.1, 0.15) is 0 Å². The number of aryl methyl sites for hydroxylation is 2. The van der Waals surface area contributed by atoms with Crippen molar-refractivity contribution in [2.75, 3.05) is 26.2 Å². The summed E-state index contributed by atoms with van der Waals surface area (Å²) in [5.74, 6) is 1.24. The van der Waals surface area contributed by atoms with Gasteiger partial charge in [0.2, 0.25) is 5.91 Å². The minimum Gasteiger partial charge on any atom is -0.358 e. The lowest BCUT2D eigenvalue weighted by Crippen LogP contribution is -2.46. The van der Waals surface area contributed by atoms with Gasteiger partial charge in [0.05, 0.1) is 0 Å². The van der Waals surface area contributed by atoms with Gasteiger partial charge in [-0.15, -0.1) is 0 Å². The average Bonchev–Trinajstić information content (AvgIpc) is 3.17. The molecule has 3 heterocycles. The lowest BCUT2D eigenvalue weighted by Gasteiger charge is -2.36. The summed E-state index contributed by atoms with van der Waals surface area (Å²) in [5.41, 5.74) is 4.70. The fraction of sp³-hybridized carbons (Fsp3) is 0.600. The molecule has 2 fully saturated rings. The Kier molecular flexibility index (Phi) is 5.30. The number of fused-ring (bicyclic) bond motifs is 3. The minimum absolute atomic E-state index is 0.0848. The predicted molar refractivity (Wildman–Crippen MR) is 119 cm³/mol. The standard InChI is InChI=1S/C25H33N3O2/c1-17-8-12-27(13-9-17)24(29)18-10-14-28(15-11-18)25(30)19-6-7-23-21(16-19)20-4-2-3-5-22(20)26-23/h6-7,16-18,26H,2-5,8-15H2,1H3. The molecule has 0 bridgehead atoms. The van der Waals surface area contributed by atoms with E-state index in [1.807, 2.05) is 11.0 Å². The largest absolute Gasteiger partial charge is 0.358 e. The fourth-order valence-electron chi connectivity index (χ4n) is 5.54. The second-order valence-electron chi connectivity index (χ2n) is 9.62. The number of rotatable bonds is 2. The monoisotopic (exact) mass is 407 g/mol. The first kappa shape index (κ1) is 19.7. The molecule has 5 heteroatoms. The zero-order chi connectivity index (χ0) is 20.7. The van der Waals surface area contributed by atoms with E-state index in [2.05, 4.69) is 28.9 Å². The van der Waals surface area contributed by atoms with Crippen molar-refractivity contribution in [3.63, 3.8) is 0 Å². The third-order valence-corrected chi connectivity index (χ3v) is 7.57. The van der Waals surface area contributed by atoms with E-state index in [1.54, 1.807) is 0 Å². The number of hydrogen-bond donors (Lipinski definition) is 1. The van der Waals surface area contributed by atoms with Crippen molar-refractivity contribution in [2.24, 2.45) is 11.8 Å². The van der Waals surface area contributed by atoms with E-state index in [4.69, 9.17) is 0 Å². The number of nitrogens with one attached hydrogen (secondary N) is 1. The molecule has 160 valence electrons. The molecule has 1 aromatic heterocycles. The van der Waals surface area contributed by atoms with Crippen LogP contribution in [-0.4, -0.2) is 52.8 Å². The van der Waals surface area contributed by atoms with Crippen molar-refractivity contribution >= 4 is 22.7 Å². The Morgan fingerprint density at radius 1 is 0.933 bits per heavy atom. The second kappa shape index (κ2) is 8.09. The Morgan fingerprint density at radius 3 is 2.40 bits per heavy atom. The van der Waals surface area contributed by atoms with Crippen LogP contribution in [0.5, 0.6) is 0 Å². The number of aromatic nitrogens is 1. The molecule has 3 aliphatic rings. The molecule has 0 unspecified atom stereocenters. The summed E-state index contributed by atoms with van der Waals surface area (Å²) in [7, 11) is 0. The second-order valence-corrected chi connectivity index (χ2v) is 9.62. The number of nitrogens with zero attached hydrogens (tertiary/aromatic N) is 2. The van der Waals surface area contributed by atoms with Crippen LogP contribution < -0.4 is 0 Å². The molecule has 0 atom stereocenters. The number of likely N-dealkylation sites (tertiary alicyclic amines) is 2. The van der Waals surface area contributed by atoms with Crippen molar-refractivity contribution in [1.29, 1.82) is 0 Å². The molecular weight excluding hydrogens is 374 g/mol. The molecular formula is C25H33N3O2. The summed E-state index contributed by atoms with van der Waals surface area (Å²) in [5, 5.41) is 1.22. The molecule has 2 aromatic rings. The number of hydrogen-bond acceptors (Lipinski definition) is 2. The maximum absolute atomic E-state index is 13.2. The molecule has 1 aliphatic carbocycles. The van der Waals surface area contributed by atoms with Gasteiger partial charge in [0, 0.05) is 54.3 Å². The quantitative estimate of drug-likeness (QED) is 0.813. The fourth-order valence-corrected chi connectivity index (χ4v) is 5.54. The Hall–Kier alpha value is -2.30. The van der Waals surface area contributed by atoms with Crippen LogP contribution in [0.2, 0.25) is 0 Å². The summed E-state index contributed by atoms with van der Waals surface area (Å²) >= 11 is 0. The van der Waals surface area contributed by atoms with E-state index in [0.717, 1.165) is 68.6 Å². The number of benzene rings is 1. The Bertz CT molecular complexity index is 947. The first-order valence-electron chi connectivity index (χ1n) is 11.8. The molecule has 2 saturated heterocycles. The van der Waals surface area contributed by atoms with Crippen molar-refractivity contribution in [1.82, 2.24) is 14.8 Å². The van der Waals surface area contributed by atoms with E-state index in [-0.39, 0.29) is 11.8 Å². The molecule has 2 amide bonds. The van der Waals surface area contributed by atoms with Gasteiger partial charge in [0.25, 0.3) is 5.91 Å². The summed E-state index contributed by atoms with van der Waals surface area (Å²) in [4.78, 5) is 33.6. The average molecular weight is 408 g/mol.